The third kappa shape index (κ3) is 2.46. The van der Waals surface area contributed by atoms with Crippen LogP contribution in [0.1, 0.15) is 46.2 Å². The predicted molar refractivity (Wildman–Crippen MR) is 103 cm³/mol. The van der Waals surface area contributed by atoms with E-state index in [0.29, 0.717) is 21.9 Å². The van der Waals surface area contributed by atoms with Crippen LogP contribution in [0, 0.1) is 26.7 Å². The molecule has 0 saturated heterocycles. The molecule has 0 aromatic heterocycles. The first-order valence-electron chi connectivity index (χ1n) is 8.45. The summed E-state index contributed by atoms with van der Waals surface area (Å²) >= 11 is 12.8. The first-order chi connectivity index (χ1) is 11.5. The summed E-state index contributed by atoms with van der Waals surface area (Å²) in [4.78, 5) is 0. The van der Waals surface area contributed by atoms with Gasteiger partial charge in [0.15, 0.2) is 0 Å². The van der Waals surface area contributed by atoms with Gasteiger partial charge >= 0.3 is 0 Å². The molecule has 2 aromatic carbocycles. The van der Waals surface area contributed by atoms with Crippen LogP contribution >= 0.6 is 23.2 Å². The maximum Gasteiger partial charge on any atom is 0.0655 e. The molecule has 2 aromatic rings. The number of anilines is 1. The maximum atomic E-state index is 6.52. The first-order valence-corrected chi connectivity index (χ1v) is 9.21. The summed E-state index contributed by atoms with van der Waals surface area (Å²) in [5.41, 5.74) is 7.70. The fraction of sp³-hybridized carbons (Fsp3) is 0.333. The van der Waals surface area contributed by atoms with Gasteiger partial charge in [-0.2, -0.15) is 0 Å². The fourth-order valence-corrected chi connectivity index (χ4v) is 5.15. The van der Waals surface area contributed by atoms with Crippen LogP contribution in [0.5, 0.6) is 0 Å². The lowest BCUT2D eigenvalue weighted by Crippen LogP contribution is -2.30. The van der Waals surface area contributed by atoms with E-state index in [1.54, 1.807) is 0 Å². The van der Waals surface area contributed by atoms with E-state index in [9.17, 15) is 0 Å². The standard InChI is InChI=1S/C21H21Cl2N/c1-11-7-12(2)19(13(3)8-11)21-16-6-4-5-15(16)17-9-14(22)10-18(23)20(17)24-21/h4-5,7-10,15-16,21,24H,6H2,1-3H3. The molecule has 0 saturated carbocycles. The second kappa shape index (κ2) is 5.82. The van der Waals surface area contributed by atoms with Gasteiger partial charge in [0.05, 0.1) is 16.8 Å². The van der Waals surface area contributed by atoms with Gasteiger partial charge < -0.3 is 5.32 Å². The quantitative estimate of drug-likeness (QED) is 0.556. The number of allylic oxidation sites excluding steroid dienone is 2. The first kappa shape index (κ1) is 16.1. The summed E-state index contributed by atoms with van der Waals surface area (Å²) in [6.45, 7) is 6.59. The number of halogens is 2. The molecule has 3 heteroatoms. The number of fused-ring (bicyclic) bond motifs is 3. The number of nitrogens with one attached hydrogen (secondary N) is 1. The Labute approximate surface area is 153 Å². The Kier molecular flexibility index (Phi) is 3.89. The van der Waals surface area contributed by atoms with Crippen LogP contribution in [-0.2, 0) is 0 Å². The molecule has 1 aliphatic carbocycles. The van der Waals surface area contributed by atoms with Crippen LogP contribution in [0.15, 0.2) is 36.4 Å². The summed E-state index contributed by atoms with van der Waals surface area (Å²) in [5.74, 6) is 0.884. The average molecular weight is 358 g/mol. The van der Waals surface area contributed by atoms with Gasteiger partial charge in [0, 0.05) is 10.9 Å². The lowest BCUT2D eigenvalue weighted by molar-refractivity contribution is 0.423. The highest BCUT2D eigenvalue weighted by Gasteiger charge is 2.39. The Balaban J connectivity index is 1.88. The lowest BCUT2D eigenvalue weighted by Gasteiger charge is -2.39. The number of benzene rings is 2. The van der Waals surface area contributed by atoms with Crippen LogP contribution in [0.4, 0.5) is 5.69 Å². The van der Waals surface area contributed by atoms with Crippen molar-refractivity contribution in [1.29, 1.82) is 0 Å². The smallest absolute Gasteiger partial charge is 0.0655 e. The zero-order chi connectivity index (χ0) is 17.0. The molecule has 0 spiro atoms. The minimum atomic E-state index is 0.275. The van der Waals surface area contributed by atoms with Crippen molar-refractivity contribution in [1.82, 2.24) is 0 Å². The second-order valence-electron chi connectivity index (χ2n) is 7.14. The third-order valence-corrected chi connectivity index (χ3v) is 5.95. The van der Waals surface area contributed by atoms with Gasteiger partial charge in [-0.25, -0.2) is 0 Å². The normalized spacial score (nSPS) is 24.5. The van der Waals surface area contributed by atoms with E-state index in [0.717, 1.165) is 12.1 Å². The summed E-state index contributed by atoms with van der Waals surface area (Å²) in [6.07, 6.45) is 5.70. The number of hydrogen-bond acceptors (Lipinski definition) is 1. The molecule has 1 N–H and O–H groups in total. The topological polar surface area (TPSA) is 12.0 Å². The van der Waals surface area contributed by atoms with Crippen molar-refractivity contribution in [2.75, 3.05) is 5.32 Å². The van der Waals surface area contributed by atoms with Crippen LogP contribution in [0.25, 0.3) is 0 Å². The van der Waals surface area contributed by atoms with E-state index in [-0.39, 0.29) is 6.04 Å². The van der Waals surface area contributed by atoms with Crippen LogP contribution in [0.3, 0.4) is 0 Å². The highest BCUT2D eigenvalue weighted by Crippen LogP contribution is 2.53. The second-order valence-corrected chi connectivity index (χ2v) is 7.98. The lowest BCUT2D eigenvalue weighted by atomic mass is 9.75. The molecule has 24 heavy (non-hydrogen) atoms. The van der Waals surface area contributed by atoms with Crippen LogP contribution in [-0.4, -0.2) is 0 Å². The summed E-state index contributed by atoms with van der Waals surface area (Å²) < 4.78 is 0. The van der Waals surface area contributed by atoms with Gasteiger partial charge in [-0.1, -0.05) is 53.1 Å². The van der Waals surface area contributed by atoms with E-state index in [1.807, 2.05) is 6.07 Å². The van der Waals surface area contributed by atoms with Crippen molar-refractivity contribution in [2.45, 2.75) is 39.2 Å². The van der Waals surface area contributed by atoms with Gasteiger partial charge in [0.2, 0.25) is 0 Å². The molecule has 1 aliphatic heterocycles. The minimum absolute atomic E-state index is 0.275. The molecule has 1 heterocycles. The Morgan fingerprint density at radius 2 is 1.71 bits per heavy atom. The van der Waals surface area contributed by atoms with Crippen molar-refractivity contribution >= 4 is 28.9 Å². The van der Waals surface area contributed by atoms with Gasteiger partial charge in [-0.05, 0) is 67.5 Å². The number of rotatable bonds is 1. The Bertz CT molecular complexity index is 830. The molecule has 124 valence electrons. The molecule has 1 nitrogen and oxygen atoms in total. The Hall–Kier alpha value is -1.44. The van der Waals surface area contributed by atoms with Crippen molar-refractivity contribution in [3.05, 3.63) is 74.3 Å². The molecule has 0 radical (unpaired) electrons. The molecule has 0 fully saturated rings. The Morgan fingerprint density at radius 3 is 2.42 bits per heavy atom. The monoisotopic (exact) mass is 357 g/mol. The number of hydrogen-bond donors (Lipinski definition) is 1. The molecule has 3 atom stereocenters. The molecular weight excluding hydrogens is 337 g/mol. The fourth-order valence-electron chi connectivity index (χ4n) is 4.59. The summed E-state index contributed by atoms with van der Waals surface area (Å²) in [6, 6.07) is 8.73. The minimum Gasteiger partial charge on any atom is -0.376 e. The van der Waals surface area contributed by atoms with E-state index in [2.05, 4.69) is 56.4 Å². The van der Waals surface area contributed by atoms with Crippen molar-refractivity contribution in [3.63, 3.8) is 0 Å². The molecular formula is C21H21Cl2N. The molecule has 2 aliphatic rings. The van der Waals surface area contributed by atoms with E-state index >= 15 is 0 Å². The van der Waals surface area contributed by atoms with E-state index in [1.165, 1.54) is 27.8 Å². The highest BCUT2D eigenvalue weighted by atomic mass is 35.5. The average Bonchev–Trinajstić information content (AvgIpc) is 2.96. The highest BCUT2D eigenvalue weighted by molar-refractivity contribution is 6.36. The largest absolute Gasteiger partial charge is 0.376 e. The van der Waals surface area contributed by atoms with Crippen molar-refractivity contribution in [3.8, 4) is 0 Å². The van der Waals surface area contributed by atoms with Gasteiger partial charge in [-0.15, -0.1) is 0 Å². The zero-order valence-corrected chi connectivity index (χ0v) is 15.7. The third-order valence-electron chi connectivity index (χ3n) is 5.43. The number of aryl methyl sites for hydroxylation is 3. The predicted octanol–water partition coefficient (Wildman–Crippen LogP) is 6.75. The van der Waals surface area contributed by atoms with E-state index < -0.39 is 0 Å². The van der Waals surface area contributed by atoms with Crippen molar-refractivity contribution in [2.24, 2.45) is 5.92 Å². The van der Waals surface area contributed by atoms with Gasteiger partial charge in [-0.3, -0.25) is 0 Å². The SMILES string of the molecule is Cc1cc(C)c(C2Nc3c(Cl)cc(Cl)cc3C3C=CCC32)c(C)c1. The van der Waals surface area contributed by atoms with E-state index in [4.69, 9.17) is 23.2 Å². The Morgan fingerprint density at radius 1 is 1.00 bits per heavy atom. The van der Waals surface area contributed by atoms with Gasteiger partial charge in [0.1, 0.15) is 0 Å². The zero-order valence-electron chi connectivity index (χ0n) is 14.2. The maximum absolute atomic E-state index is 6.52. The van der Waals surface area contributed by atoms with Crippen molar-refractivity contribution < 1.29 is 0 Å². The van der Waals surface area contributed by atoms with Crippen LogP contribution < -0.4 is 5.32 Å². The molecule has 3 unspecified atom stereocenters. The van der Waals surface area contributed by atoms with Crippen LogP contribution in [0.2, 0.25) is 10.0 Å². The molecule has 0 amide bonds. The molecule has 0 bridgehead atoms. The summed E-state index contributed by atoms with van der Waals surface area (Å²) in [7, 11) is 0. The van der Waals surface area contributed by atoms with Gasteiger partial charge in [0.25, 0.3) is 0 Å². The summed E-state index contributed by atoms with van der Waals surface area (Å²) in [5, 5.41) is 5.17. The molecule has 4 rings (SSSR count).